The second-order valence-corrected chi connectivity index (χ2v) is 2.06. The third-order valence-corrected chi connectivity index (χ3v) is 0.854. The monoisotopic (exact) mass is 217 g/mol. The first-order valence-corrected chi connectivity index (χ1v) is 3.91. The van der Waals surface area contributed by atoms with Crippen LogP contribution in [0.1, 0.15) is 46.0 Å². The van der Waals surface area contributed by atoms with Crippen LogP contribution in [0, 0.1) is 13.8 Å². The minimum atomic E-state index is 0. The van der Waals surface area contributed by atoms with Crippen LogP contribution in [0.4, 0.5) is 0 Å². The van der Waals surface area contributed by atoms with E-state index in [-0.39, 0.29) is 32.7 Å². The Morgan fingerprint density at radius 2 is 1.40 bits per heavy atom. The van der Waals surface area contributed by atoms with Crippen molar-refractivity contribution in [2.24, 2.45) is 0 Å². The summed E-state index contributed by atoms with van der Waals surface area (Å²) in [5.74, 6) is 0. The normalized spacial score (nSPS) is 7.20. The van der Waals surface area contributed by atoms with Crippen LogP contribution >= 0.6 is 0 Å². The summed E-state index contributed by atoms with van der Waals surface area (Å²) in [5.41, 5.74) is 0. The Morgan fingerprint density at radius 3 is 1.50 bits per heavy atom. The van der Waals surface area contributed by atoms with E-state index in [1.807, 2.05) is 6.92 Å². The van der Waals surface area contributed by atoms with Gasteiger partial charge in [-0.1, -0.05) is 33.1 Å². The van der Waals surface area contributed by atoms with Crippen LogP contribution < -0.4 is 0 Å². The van der Waals surface area contributed by atoms with Crippen molar-refractivity contribution >= 4 is 0 Å². The van der Waals surface area contributed by atoms with Gasteiger partial charge in [0.1, 0.15) is 0 Å². The van der Waals surface area contributed by atoms with Gasteiger partial charge in [0.05, 0.1) is 0 Å². The van der Waals surface area contributed by atoms with Crippen LogP contribution in [-0.4, -0.2) is 0 Å². The van der Waals surface area contributed by atoms with Gasteiger partial charge >= 0.3 is 0 Å². The van der Waals surface area contributed by atoms with E-state index in [4.69, 9.17) is 0 Å². The molecular formula is C9H20Y-2. The summed E-state index contributed by atoms with van der Waals surface area (Å²) in [5, 5.41) is 0. The van der Waals surface area contributed by atoms with Crippen molar-refractivity contribution in [1.82, 2.24) is 0 Å². The average Bonchev–Trinajstić information content (AvgIpc) is 1.86. The molecule has 0 saturated carbocycles. The minimum Gasteiger partial charge on any atom is -0.344 e. The quantitative estimate of drug-likeness (QED) is 0.500. The molecule has 0 rings (SSSR count). The van der Waals surface area contributed by atoms with Crippen molar-refractivity contribution in [3.8, 4) is 0 Å². The Balaban J connectivity index is -0.000000107. The number of rotatable bonds is 3. The first-order valence-electron chi connectivity index (χ1n) is 3.91. The zero-order valence-corrected chi connectivity index (χ0v) is 10.4. The Hall–Kier alpha value is 1.10. The van der Waals surface area contributed by atoms with Crippen molar-refractivity contribution in [1.29, 1.82) is 0 Å². The molecule has 0 fully saturated rings. The van der Waals surface area contributed by atoms with Gasteiger partial charge in [0, 0.05) is 32.7 Å². The van der Waals surface area contributed by atoms with Gasteiger partial charge < -0.3 is 13.8 Å². The summed E-state index contributed by atoms with van der Waals surface area (Å²) < 4.78 is 0. The predicted octanol–water partition coefficient (Wildman–Crippen LogP) is 3.63. The Morgan fingerprint density at radius 1 is 1.00 bits per heavy atom. The third kappa shape index (κ3) is 35.5. The van der Waals surface area contributed by atoms with E-state index in [2.05, 4.69) is 20.8 Å². The van der Waals surface area contributed by atoms with Gasteiger partial charge in [-0.05, 0) is 0 Å². The Kier molecular flexibility index (Phi) is 38.8. The molecule has 61 valence electrons. The molecular weight excluding hydrogens is 197 g/mol. The molecule has 0 aliphatic heterocycles. The van der Waals surface area contributed by atoms with E-state index >= 15 is 0 Å². The van der Waals surface area contributed by atoms with E-state index in [9.17, 15) is 0 Å². The number of unbranched alkanes of at least 4 members (excludes halogenated alkanes) is 3. The Bertz CT molecular complexity index is 23.9. The summed E-state index contributed by atoms with van der Waals surface area (Å²) in [6.07, 6.45) is 6.07. The van der Waals surface area contributed by atoms with Crippen LogP contribution in [-0.2, 0) is 32.7 Å². The van der Waals surface area contributed by atoms with Crippen LogP contribution in [0.2, 0.25) is 0 Å². The molecule has 0 aliphatic rings. The van der Waals surface area contributed by atoms with Gasteiger partial charge in [0.2, 0.25) is 0 Å². The van der Waals surface area contributed by atoms with E-state index < -0.39 is 0 Å². The molecule has 0 aromatic rings. The second-order valence-electron chi connectivity index (χ2n) is 2.06. The maximum absolute atomic E-state index is 3.72. The topological polar surface area (TPSA) is 0 Å². The molecule has 1 radical (unpaired) electrons. The summed E-state index contributed by atoms with van der Waals surface area (Å²) in [4.78, 5) is 0. The molecule has 0 nitrogen and oxygen atoms in total. The predicted molar refractivity (Wildman–Crippen MR) is 45.1 cm³/mol. The van der Waals surface area contributed by atoms with E-state index in [1.54, 1.807) is 0 Å². The van der Waals surface area contributed by atoms with Crippen molar-refractivity contribution in [2.45, 2.75) is 46.0 Å². The zero-order chi connectivity index (χ0) is 7.54. The molecule has 0 aromatic carbocycles. The smallest absolute Gasteiger partial charge is 0 e. The van der Waals surface area contributed by atoms with Crippen molar-refractivity contribution < 1.29 is 32.7 Å². The molecule has 1 heteroatoms. The molecule has 0 aromatic heterocycles. The summed E-state index contributed by atoms with van der Waals surface area (Å²) in [7, 11) is 0. The van der Waals surface area contributed by atoms with Crippen LogP contribution in [0.3, 0.4) is 0 Å². The van der Waals surface area contributed by atoms with Crippen LogP contribution in [0.25, 0.3) is 0 Å². The molecule has 0 heterocycles. The molecule has 10 heavy (non-hydrogen) atoms. The summed E-state index contributed by atoms with van der Waals surface area (Å²) >= 11 is 0. The van der Waals surface area contributed by atoms with Gasteiger partial charge in [-0.2, -0.15) is 12.8 Å². The largest absolute Gasteiger partial charge is 0.344 e. The van der Waals surface area contributed by atoms with E-state index in [1.165, 1.54) is 19.3 Å². The SMILES string of the molecule is [CH2-]CC.[CH2-]CCCCC.[Y]. The van der Waals surface area contributed by atoms with Crippen molar-refractivity contribution in [2.75, 3.05) is 0 Å². The molecule has 0 unspecified atom stereocenters. The van der Waals surface area contributed by atoms with Gasteiger partial charge in [-0.15, -0.1) is 0 Å². The first-order chi connectivity index (χ1) is 4.33. The first kappa shape index (κ1) is 17.3. The van der Waals surface area contributed by atoms with Gasteiger partial charge in [0.25, 0.3) is 0 Å². The fourth-order valence-electron chi connectivity index (χ4n) is 0.427. The molecule has 0 N–H and O–H groups in total. The molecule has 0 amide bonds. The van der Waals surface area contributed by atoms with Gasteiger partial charge in [-0.25, -0.2) is 0 Å². The zero-order valence-electron chi connectivity index (χ0n) is 7.53. The second kappa shape index (κ2) is 22.5. The fourth-order valence-corrected chi connectivity index (χ4v) is 0.427. The molecule has 0 saturated heterocycles. The fraction of sp³-hybridized carbons (Fsp3) is 0.778. The maximum atomic E-state index is 3.72. The number of hydrogen-bond acceptors (Lipinski definition) is 0. The molecule has 0 aliphatic carbocycles. The van der Waals surface area contributed by atoms with Gasteiger partial charge in [-0.3, -0.25) is 0 Å². The molecule has 0 atom stereocenters. The molecule has 0 spiro atoms. The van der Waals surface area contributed by atoms with Crippen LogP contribution in [0.5, 0.6) is 0 Å². The van der Waals surface area contributed by atoms with Crippen molar-refractivity contribution in [3.05, 3.63) is 13.8 Å². The average molecular weight is 217 g/mol. The standard InChI is InChI=1S/C6H13.C3H7.Y/c1-3-5-6-4-2;1-3-2;/h1,3-6H2,2H3;1,3H2,2H3;/q2*-1;. The van der Waals surface area contributed by atoms with E-state index in [0.717, 1.165) is 12.8 Å². The Labute approximate surface area is 92.0 Å². The van der Waals surface area contributed by atoms with Crippen molar-refractivity contribution in [3.63, 3.8) is 0 Å². The third-order valence-electron chi connectivity index (χ3n) is 0.854. The summed E-state index contributed by atoms with van der Waals surface area (Å²) in [6.45, 7) is 11.4. The number of hydrogen-bond donors (Lipinski definition) is 0. The minimum absolute atomic E-state index is 0. The summed E-state index contributed by atoms with van der Waals surface area (Å²) in [6, 6.07) is 0. The molecule has 0 bridgehead atoms. The maximum Gasteiger partial charge on any atom is 0 e. The van der Waals surface area contributed by atoms with Crippen LogP contribution in [0.15, 0.2) is 0 Å². The van der Waals surface area contributed by atoms with E-state index in [0.29, 0.717) is 0 Å². The van der Waals surface area contributed by atoms with Gasteiger partial charge in [0.15, 0.2) is 0 Å².